The Labute approximate surface area is 136 Å². The highest BCUT2D eigenvalue weighted by molar-refractivity contribution is 5.97. The number of rotatable bonds is 4. The van der Waals surface area contributed by atoms with Gasteiger partial charge in [-0.3, -0.25) is 9.59 Å². The van der Waals surface area contributed by atoms with Gasteiger partial charge in [0.05, 0.1) is 26.1 Å². The summed E-state index contributed by atoms with van der Waals surface area (Å²) in [6.07, 6.45) is 1.10. The molecule has 0 saturated heterocycles. The van der Waals surface area contributed by atoms with E-state index in [0.717, 1.165) is 11.1 Å². The monoisotopic (exact) mass is 317 g/mol. The van der Waals surface area contributed by atoms with Crippen LogP contribution >= 0.6 is 0 Å². The maximum Gasteiger partial charge on any atom is 0.306 e. The van der Waals surface area contributed by atoms with Crippen molar-refractivity contribution in [3.8, 4) is 5.88 Å². The van der Waals surface area contributed by atoms with Crippen molar-refractivity contribution < 1.29 is 19.1 Å². The van der Waals surface area contributed by atoms with Crippen molar-refractivity contribution in [1.29, 1.82) is 0 Å². The molecule has 1 heterocycles. The molecule has 5 nitrogen and oxygen atoms in total. The summed E-state index contributed by atoms with van der Waals surface area (Å²) in [5, 5.41) is 0. The van der Waals surface area contributed by atoms with E-state index in [1.807, 2.05) is 19.9 Å². The van der Waals surface area contributed by atoms with Crippen LogP contribution in [0, 0.1) is 12.8 Å². The van der Waals surface area contributed by atoms with Crippen LogP contribution in [0.5, 0.6) is 5.88 Å². The van der Waals surface area contributed by atoms with E-state index in [4.69, 9.17) is 9.47 Å². The summed E-state index contributed by atoms with van der Waals surface area (Å²) in [6, 6.07) is 3.55. The smallest absolute Gasteiger partial charge is 0.306 e. The molecule has 1 saturated carbocycles. The van der Waals surface area contributed by atoms with E-state index in [2.05, 4.69) is 11.6 Å². The van der Waals surface area contributed by atoms with E-state index in [-0.39, 0.29) is 18.1 Å². The lowest BCUT2D eigenvalue weighted by molar-refractivity contribution is -0.146. The maximum atomic E-state index is 13.0. The Hall–Kier alpha value is -2.17. The normalized spacial score (nSPS) is 24.4. The van der Waals surface area contributed by atoms with Crippen molar-refractivity contribution in [2.45, 2.75) is 38.5 Å². The Morgan fingerprint density at radius 2 is 2.13 bits per heavy atom. The molecule has 0 spiro atoms. The first-order valence-electron chi connectivity index (χ1n) is 7.64. The molecular formula is C18H23NO4. The minimum absolute atomic E-state index is 0.000538. The molecular weight excluding hydrogens is 294 g/mol. The number of aryl methyl sites for hydroxylation is 1. The Bertz CT molecular complexity index is 652. The number of ether oxygens (including phenoxy) is 2. The van der Waals surface area contributed by atoms with E-state index >= 15 is 0 Å². The van der Waals surface area contributed by atoms with Gasteiger partial charge in [0.2, 0.25) is 5.88 Å². The summed E-state index contributed by atoms with van der Waals surface area (Å²) in [6.45, 7) is 7.77. The fourth-order valence-corrected chi connectivity index (χ4v) is 3.53. The first-order valence-corrected chi connectivity index (χ1v) is 7.64. The molecule has 0 N–H and O–H groups in total. The largest absolute Gasteiger partial charge is 0.481 e. The van der Waals surface area contributed by atoms with E-state index in [9.17, 15) is 9.59 Å². The van der Waals surface area contributed by atoms with Gasteiger partial charge < -0.3 is 9.47 Å². The molecule has 0 radical (unpaired) electrons. The number of allylic oxidation sites excluding steroid dienone is 1. The first-order chi connectivity index (χ1) is 10.8. The van der Waals surface area contributed by atoms with Crippen molar-refractivity contribution in [2.24, 2.45) is 5.92 Å². The Kier molecular flexibility index (Phi) is 4.88. The third kappa shape index (κ3) is 3.14. The molecule has 23 heavy (non-hydrogen) atoms. The summed E-state index contributed by atoms with van der Waals surface area (Å²) in [4.78, 5) is 29.4. The minimum Gasteiger partial charge on any atom is -0.481 e. The average molecular weight is 317 g/mol. The standard InChI is InChI=1S/C18H23NO4/c1-11-8-12(2)17(21)18(9-11,10-16(20)23-5)14-6-7-15(22-4)19-13(14)3/h6-7,12H,1,8-10H2,2-5H3/t12-,18+/m1/s1. The molecule has 1 aromatic rings. The molecule has 1 aliphatic carbocycles. The number of hydrogen-bond acceptors (Lipinski definition) is 5. The number of carbonyl (C=O) groups is 2. The summed E-state index contributed by atoms with van der Waals surface area (Å²) in [5.41, 5.74) is 1.45. The van der Waals surface area contributed by atoms with Gasteiger partial charge >= 0.3 is 5.97 Å². The first kappa shape index (κ1) is 17.2. The van der Waals surface area contributed by atoms with Crippen LogP contribution in [-0.4, -0.2) is 31.0 Å². The Morgan fingerprint density at radius 3 is 2.70 bits per heavy atom. The zero-order valence-corrected chi connectivity index (χ0v) is 14.1. The summed E-state index contributed by atoms with van der Waals surface area (Å²) >= 11 is 0. The van der Waals surface area contributed by atoms with Gasteiger partial charge in [-0.15, -0.1) is 0 Å². The second-order valence-electron chi connectivity index (χ2n) is 6.22. The Balaban J connectivity index is 2.60. The van der Waals surface area contributed by atoms with Gasteiger partial charge in [0.15, 0.2) is 0 Å². The SMILES string of the molecule is C=C1C[C@@H](C)C(=O)[C@@](CC(=O)OC)(c2ccc(OC)nc2C)C1. The van der Waals surface area contributed by atoms with Crippen LogP contribution in [0.4, 0.5) is 0 Å². The molecule has 1 fully saturated rings. The summed E-state index contributed by atoms with van der Waals surface area (Å²) < 4.78 is 9.97. The molecule has 2 atom stereocenters. The van der Waals surface area contributed by atoms with E-state index in [0.29, 0.717) is 24.4 Å². The molecule has 124 valence electrons. The molecule has 2 rings (SSSR count). The van der Waals surface area contributed by atoms with Crippen molar-refractivity contribution in [3.05, 3.63) is 35.5 Å². The summed E-state index contributed by atoms with van der Waals surface area (Å²) in [7, 11) is 2.88. The molecule has 1 aliphatic rings. The number of hydrogen-bond donors (Lipinski definition) is 0. The maximum absolute atomic E-state index is 13.0. The number of pyridine rings is 1. The lowest BCUT2D eigenvalue weighted by atomic mass is 9.62. The van der Waals surface area contributed by atoms with Crippen molar-refractivity contribution in [1.82, 2.24) is 4.98 Å². The van der Waals surface area contributed by atoms with Crippen LogP contribution in [0.25, 0.3) is 0 Å². The molecule has 0 aromatic carbocycles. The van der Waals surface area contributed by atoms with E-state index < -0.39 is 11.4 Å². The number of esters is 1. The predicted octanol–water partition coefficient (Wildman–Crippen LogP) is 2.75. The van der Waals surface area contributed by atoms with Gasteiger partial charge in [0, 0.05) is 17.7 Å². The number of ketones is 1. The van der Waals surface area contributed by atoms with Gasteiger partial charge in [0.1, 0.15) is 5.78 Å². The van der Waals surface area contributed by atoms with Crippen LogP contribution in [-0.2, 0) is 19.7 Å². The number of carbonyl (C=O) groups excluding carboxylic acids is 2. The highest BCUT2D eigenvalue weighted by Gasteiger charge is 2.48. The van der Waals surface area contributed by atoms with E-state index in [1.165, 1.54) is 7.11 Å². The number of nitrogens with zero attached hydrogens (tertiary/aromatic N) is 1. The highest BCUT2D eigenvalue weighted by Crippen LogP contribution is 2.45. The van der Waals surface area contributed by atoms with Crippen molar-refractivity contribution in [2.75, 3.05) is 14.2 Å². The molecule has 0 unspecified atom stereocenters. The van der Waals surface area contributed by atoms with Crippen LogP contribution in [0.1, 0.15) is 37.4 Å². The van der Waals surface area contributed by atoms with Crippen molar-refractivity contribution in [3.63, 3.8) is 0 Å². The van der Waals surface area contributed by atoms with Gasteiger partial charge in [-0.25, -0.2) is 4.98 Å². The molecule has 5 heteroatoms. The van der Waals surface area contributed by atoms with E-state index in [1.54, 1.807) is 13.2 Å². The lowest BCUT2D eigenvalue weighted by Crippen LogP contribution is -2.45. The number of aromatic nitrogens is 1. The zero-order chi connectivity index (χ0) is 17.2. The summed E-state index contributed by atoms with van der Waals surface area (Å²) in [5.74, 6) is -0.0576. The third-order valence-corrected chi connectivity index (χ3v) is 4.52. The quantitative estimate of drug-likeness (QED) is 0.631. The van der Waals surface area contributed by atoms with Crippen LogP contribution in [0.15, 0.2) is 24.3 Å². The minimum atomic E-state index is -0.953. The van der Waals surface area contributed by atoms with Crippen molar-refractivity contribution >= 4 is 11.8 Å². The van der Waals surface area contributed by atoms with Crippen LogP contribution < -0.4 is 4.74 Å². The zero-order valence-electron chi connectivity index (χ0n) is 14.1. The number of Topliss-reactive ketones (excluding diaryl/α,β-unsaturated/α-hetero) is 1. The molecule has 1 aromatic heterocycles. The van der Waals surface area contributed by atoms with Gasteiger partial charge in [-0.1, -0.05) is 25.1 Å². The molecule has 0 bridgehead atoms. The van der Waals surface area contributed by atoms with Gasteiger partial charge in [-0.05, 0) is 25.3 Å². The van der Waals surface area contributed by atoms with Gasteiger partial charge in [-0.2, -0.15) is 0 Å². The second-order valence-corrected chi connectivity index (χ2v) is 6.22. The lowest BCUT2D eigenvalue weighted by Gasteiger charge is -2.39. The van der Waals surface area contributed by atoms with Crippen LogP contribution in [0.3, 0.4) is 0 Å². The second kappa shape index (κ2) is 6.52. The number of methoxy groups -OCH3 is 2. The predicted molar refractivity (Wildman–Crippen MR) is 86.4 cm³/mol. The highest BCUT2D eigenvalue weighted by atomic mass is 16.5. The van der Waals surface area contributed by atoms with Crippen LogP contribution in [0.2, 0.25) is 0 Å². The topological polar surface area (TPSA) is 65.5 Å². The fourth-order valence-electron chi connectivity index (χ4n) is 3.53. The van der Waals surface area contributed by atoms with Gasteiger partial charge in [0.25, 0.3) is 0 Å². The molecule has 0 amide bonds. The third-order valence-electron chi connectivity index (χ3n) is 4.52. The Morgan fingerprint density at radius 1 is 1.43 bits per heavy atom. The fraction of sp³-hybridized carbons (Fsp3) is 0.500. The average Bonchev–Trinajstić information content (AvgIpc) is 2.51. The molecule has 0 aliphatic heterocycles.